The summed E-state index contributed by atoms with van der Waals surface area (Å²) in [5.41, 5.74) is 4.81. The summed E-state index contributed by atoms with van der Waals surface area (Å²) in [6, 6.07) is 15.1. The van der Waals surface area contributed by atoms with Crippen molar-refractivity contribution in [3.63, 3.8) is 0 Å². The van der Waals surface area contributed by atoms with Crippen LogP contribution in [0.2, 0.25) is 0 Å². The van der Waals surface area contributed by atoms with Crippen LogP contribution in [0.5, 0.6) is 0 Å². The minimum Gasteiger partial charge on any atom is -0.480 e. The molecular weight excluding hydrogens is 424 g/mol. The quantitative estimate of drug-likeness (QED) is 0.583. The van der Waals surface area contributed by atoms with E-state index in [4.69, 9.17) is 4.74 Å². The van der Waals surface area contributed by atoms with E-state index in [1.807, 2.05) is 36.4 Å². The summed E-state index contributed by atoms with van der Waals surface area (Å²) < 4.78 is 5.46. The van der Waals surface area contributed by atoms with Crippen LogP contribution in [0.15, 0.2) is 60.2 Å². The van der Waals surface area contributed by atoms with Gasteiger partial charge < -0.3 is 25.2 Å². The summed E-state index contributed by atoms with van der Waals surface area (Å²) >= 11 is 0. The van der Waals surface area contributed by atoms with Crippen LogP contribution in [0, 0.1) is 0 Å². The monoisotopic (exact) mass is 450 g/mol. The van der Waals surface area contributed by atoms with Gasteiger partial charge in [0.25, 0.3) is 0 Å². The lowest BCUT2D eigenvalue weighted by atomic mass is 9.98. The Morgan fingerprint density at radius 1 is 1.09 bits per heavy atom. The molecule has 33 heavy (non-hydrogen) atoms. The number of ether oxygens (including phenoxy) is 1. The number of carbonyl (C=O) groups excluding carboxylic acids is 2. The van der Waals surface area contributed by atoms with Gasteiger partial charge in [-0.05, 0) is 29.2 Å². The standard InChI is InChI=1S/C25H26N2O6/c1-15(23(29)27-13-16(28)12-22(27)24(30)31)10-11-26-25(32)33-14-21-19-8-4-2-6-17(19)18-7-3-5-9-20(18)21/h2-10,16,21-22,28H,11-14H2,1H3,(H,26,32)(H,30,31)/b15-10+/t16?,22-/m0/s1. The van der Waals surface area contributed by atoms with Gasteiger partial charge in [0.2, 0.25) is 5.91 Å². The number of carbonyl (C=O) groups is 3. The molecule has 2 aliphatic rings. The lowest BCUT2D eigenvalue weighted by molar-refractivity contribution is -0.146. The van der Waals surface area contributed by atoms with Gasteiger partial charge in [-0.15, -0.1) is 0 Å². The third-order valence-electron chi connectivity index (χ3n) is 6.16. The van der Waals surface area contributed by atoms with E-state index in [0.717, 1.165) is 27.2 Å². The molecule has 8 nitrogen and oxygen atoms in total. The van der Waals surface area contributed by atoms with Crippen LogP contribution < -0.4 is 5.32 Å². The van der Waals surface area contributed by atoms with Crippen molar-refractivity contribution in [2.75, 3.05) is 19.7 Å². The molecule has 1 heterocycles. The summed E-state index contributed by atoms with van der Waals surface area (Å²) in [5, 5.41) is 21.6. The maximum Gasteiger partial charge on any atom is 0.407 e. The second-order valence-electron chi connectivity index (χ2n) is 8.29. The van der Waals surface area contributed by atoms with Crippen LogP contribution in [0.4, 0.5) is 4.79 Å². The van der Waals surface area contributed by atoms with Gasteiger partial charge in [0.1, 0.15) is 12.6 Å². The fourth-order valence-corrected chi connectivity index (χ4v) is 4.52. The summed E-state index contributed by atoms with van der Waals surface area (Å²) in [6.07, 6.45) is 0.0508. The van der Waals surface area contributed by atoms with Crippen LogP contribution >= 0.6 is 0 Å². The molecule has 1 aliphatic heterocycles. The first-order chi connectivity index (χ1) is 15.9. The van der Waals surface area contributed by atoms with Crippen LogP contribution in [0.1, 0.15) is 30.4 Å². The molecule has 0 bridgehead atoms. The van der Waals surface area contributed by atoms with E-state index in [-0.39, 0.29) is 37.6 Å². The number of benzene rings is 2. The summed E-state index contributed by atoms with van der Waals surface area (Å²) in [5.74, 6) is -1.67. The van der Waals surface area contributed by atoms with Gasteiger partial charge in [-0.3, -0.25) is 4.79 Å². The van der Waals surface area contributed by atoms with Crippen LogP contribution in [-0.2, 0) is 14.3 Å². The van der Waals surface area contributed by atoms with E-state index in [2.05, 4.69) is 17.4 Å². The SMILES string of the molecule is C/C(=C\CNC(=O)OCC1c2ccccc2-c2ccccc21)C(=O)N1CC(O)C[C@H]1C(=O)O. The zero-order valence-electron chi connectivity index (χ0n) is 18.2. The summed E-state index contributed by atoms with van der Waals surface area (Å²) in [7, 11) is 0. The fraction of sp³-hybridized carbons (Fsp3) is 0.320. The van der Waals surface area contributed by atoms with E-state index in [0.29, 0.717) is 0 Å². The highest BCUT2D eigenvalue weighted by molar-refractivity contribution is 5.96. The predicted molar refractivity (Wildman–Crippen MR) is 121 cm³/mol. The molecule has 2 amide bonds. The number of nitrogens with zero attached hydrogens (tertiary/aromatic N) is 1. The molecule has 2 aromatic carbocycles. The van der Waals surface area contributed by atoms with Crippen molar-refractivity contribution in [1.29, 1.82) is 0 Å². The van der Waals surface area contributed by atoms with E-state index < -0.39 is 30.1 Å². The number of β-amino-alcohol motifs (C(OH)–C–C–N with tert-alkyl or cyclic N) is 1. The lowest BCUT2D eigenvalue weighted by Gasteiger charge is -2.21. The van der Waals surface area contributed by atoms with Crippen molar-refractivity contribution in [3.05, 3.63) is 71.3 Å². The van der Waals surface area contributed by atoms with Crippen LogP contribution in [-0.4, -0.2) is 64.9 Å². The molecule has 1 saturated heterocycles. The number of amides is 2. The zero-order valence-corrected chi connectivity index (χ0v) is 18.2. The number of fused-ring (bicyclic) bond motifs is 3. The Labute approximate surface area is 191 Å². The Morgan fingerprint density at radius 3 is 2.30 bits per heavy atom. The van der Waals surface area contributed by atoms with E-state index in [9.17, 15) is 24.6 Å². The van der Waals surface area contributed by atoms with Crippen molar-refractivity contribution in [3.8, 4) is 11.1 Å². The Hall–Kier alpha value is -3.65. The van der Waals surface area contributed by atoms with E-state index >= 15 is 0 Å². The Balaban J connectivity index is 1.32. The number of rotatable bonds is 6. The Bertz CT molecular complexity index is 1070. The number of nitrogens with one attached hydrogen (secondary N) is 1. The normalized spacial score (nSPS) is 19.7. The topological polar surface area (TPSA) is 116 Å². The van der Waals surface area contributed by atoms with Crippen molar-refractivity contribution in [2.45, 2.75) is 31.4 Å². The van der Waals surface area contributed by atoms with Gasteiger partial charge in [-0.25, -0.2) is 9.59 Å². The van der Waals surface area contributed by atoms with Crippen molar-refractivity contribution >= 4 is 18.0 Å². The molecular formula is C25H26N2O6. The van der Waals surface area contributed by atoms with Gasteiger partial charge >= 0.3 is 12.1 Å². The maximum atomic E-state index is 12.6. The van der Waals surface area contributed by atoms with E-state index in [1.165, 1.54) is 6.08 Å². The predicted octanol–water partition coefficient (Wildman–Crippen LogP) is 2.52. The lowest BCUT2D eigenvalue weighted by Crippen LogP contribution is -2.41. The molecule has 1 unspecified atom stereocenters. The number of alkyl carbamates (subject to hydrolysis) is 1. The molecule has 1 aliphatic carbocycles. The molecule has 8 heteroatoms. The smallest absolute Gasteiger partial charge is 0.407 e. The largest absolute Gasteiger partial charge is 0.480 e. The van der Waals surface area contributed by atoms with Crippen LogP contribution in [0.3, 0.4) is 0 Å². The minimum atomic E-state index is -1.15. The molecule has 4 rings (SSSR count). The number of hydrogen-bond acceptors (Lipinski definition) is 5. The number of aliphatic hydroxyl groups is 1. The molecule has 1 fully saturated rings. The minimum absolute atomic E-state index is 0.00630. The van der Waals surface area contributed by atoms with Gasteiger partial charge in [0.15, 0.2) is 0 Å². The van der Waals surface area contributed by atoms with Crippen LogP contribution in [0.25, 0.3) is 11.1 Å². The number of carboxylic acids is 1. The average Bonchev–Trinajstić information content (AvgIpc) is 3.35. The molecule has 172 valence electrons. The number of likely N-dealkylation sites (tertiary alicyclic amines) is 1. The number of aliphatic hydroxyl groups excluding tert-OH is 1. The highest BCUT2D eigenvalue weighted by Crippen LogP contribution is 2.44. The highest BCUT2D eigenvalue weighted by Gasteiger charge is 2.39. The van der Waals surface area contributed by atoms with Crippen molar-refractivity contribution < 1.29 is 29.3 Å². The molecule has 0 saturated carbocycles. The van der Waals surface area contributed by atoms with Gasteiger partial charge in [0.05, 0.1) is 6.10 Å². The second kappa shape index (κ2) is 9.46. The second-order valence-corrected chi connectivity index (χ2v) is 8.29. The van der Waals surface area contributed by atoms with Crippen molar-refractivity contribution in [2.24, 2.45) is 0 Å². The first kappa shape index (κ1) is 22.5. The summed E-state index contributed by atoms with van der Waals surface area (Å²) in [4.78, 5) is 37.3. The first-order valence-corrected chi connectivity index (χ1v) is 10.8. The molecule has 2 aromatic rings. The zero-order chi connectivity index (χ0) is 23.5. The number of carboxylic acid groups (broad SMARTS) is 1. The van der Waals surface area contributed by atoms with Gasteiger partial charge in [-0.1, -0.05) is 54.6 Å². The molecule has 0 aromatic heterocycles. The third kappa shape index (κ3) is 4.61. The fourth-order valence-electron chi connectivity index (χ4n) is 4.52. The number of aliphatic carboxylic acids is 1. The Morgan fingerprint density at radius 2 is 1.70 bits per heavy atom. The highest BCUT2D eigenvalue weighted by atomic mass is 16.5. The third-order valence-corrected chi connectivity index (χ3v) is 6.16. The molecule has 3 N–H and O–H groups in total. The first-order valence-electron chi connectivity index (χ1n) is 10.8. The average molecular weight is 450 g/mol. The van der Waals surface area contributed by atoms with Gasteiger partial charge in [-0.2, -0.15) is 0 Å². The molecule has 2 atom stereocenters. The molecule has 0 spiro atoms. The van der Waals surface area contributed by atoms with E-state index in [1.54, 1.807) is 6.92 Å². The number of hydrogen-bond donors (Lipinski definition) is 3. The maximum absolute atomic E-state index is 12.6. The Kier molecular flexibility index (Phi) is 6.46. The summed E-state index contributed by atoms with van der Waals surface area (Å²) in [6.45, 7) is 1.77. The van der Waals surface area contributed by atoms with Gasteiger partial charge in [0, 0.05) is 31.0 Å². The molecule has 0 radical (unpaired) electrons. The van der Waals surface area contributed by atoms with Crippen molar-refractivity contribution in [1.82, 2.24) is 10.2 Å².